The molecule has 1 aliphatic heterocycles. The van der Waals surface area contributed by atoms with Crippen LogP contribution in [-0.2, 0) is 33.0 Å². The number of sulfonamides is 2. The lowest BCUT2D eigenvalue weighted by atomic mass is 10.0. The molecule has 0 aliphatic carbocycles. The van der Waals surface area contributed by atoms with E-state index >= 15 is 0 Å². The Labute approximate surface area is 185 Å². The van der Waals surface area contributed by atoms with Crippen molar-refractivity contribution >= 4 is 31.4 Å². The number of nitrogens with one attached hydrogen (secondary N) is 1. The van der Waals surface area contributed by atoms with Crippen LogP contribution >= 0.6 is 0 Å². The Balaban J connectivity index is 1.53. The van der Waals surface area contributed by atoms with Crippen LogP contribution in [0.3, 0.4) is 0 Å². The number of benzene rings is 3. The molecule has 11 heteroatoms. The van der Waals surface area contributed by atoms with Crippen molar-refractivity contribution < 1.29 is 21.8 Å². The Morgan fingerprint density at radius 2 is 1.53 bits per heavy atom. The normalized spacial score (nSPS) is 14.5. The van der Waals surface area contributed by atoms with E-state index in [0.717, 1.165) is 17.2 Å². The van der Waals surface area contributed by atoms with Crippen LogP contribution in [0.1, 0.15) is 11.1 Å². The summed E-state index contributed by atoms with van der Waals surface area (Å²) in [7, 11) is -7.84. The fraction of sp³-hybridized carbons (Fsp3) is 0.143. The minimum Gasteiger partial charge on any atom is -0.280 e. The van der Waals surface area contributed by atoms with E-state index in [1.54, 1.807) is 0 Å². The maximum absolute atomic E-state index is 13.0. The zero-order valence-electron chi connectivity index (χ0n) is 16.7. The van der Waals surface area contributed by atoms with Crippen molar-refractivity contribution in [2.45, 2.75) is 22.8 Å². The van der Waals surface area contributed by atoms with Crippen molar-refractivity contribution in [3.05, 3.63) is 94.0 Å². The highest BCUT2D eigenvalue weighted by atomic mass is 32.2. The number of nitro groups is 1. The van der Waals surface area contributed by atoms with E-state index in [-0.39, 0.29) is 27.7 Å². The molecule has 0 unspecified atom stereocenters. The van der Waals surface area contributed by atoms with Gasteiger partial charge in [-0.1, -0.05) is 30.3 Å². The first-order chi connectivity index (χ1) is 15.2. The molecule has 0 radical (unpaired) electrons. The number of fused-ring (bicyclic) bond motifs is 1. The number of hydrogen-bond donors (Lipinski definition) is 1. The summed E-state index contributed by atoms with van der Waals surface area (Å²) in [5, 5.41) is 10.9. The maximum Gasteiger partial charge on any atom is 0.270 e. The second kappa shape index (κ2) is 8.34. The van der Waals surface area contributed by atoms with E-state index in [9.17, 15) is 26.9 Å². The molecule has 1 aliphatic rings. The van der Waals surface area contributed by atoms with Crippen LogP contribution in [0.25, 0.3) is 0 Å². The minimum atomic E-state index is -4.09. The van der Waals surface area contributed by atoms with Crippen molar-refractivity contribution in [2.75, 3.05) is 11.3 Å². The van der Waals surface area contributed by atoms with Crippen molar-refractivity contribution in [1.29, 1.82) is 0 Å². The molecule has 3 aromatic carbocycles. The van der Waals surface area contributed by atoms with Crippen molar-refractivity contribution in [3.63, 3.8) is 0 Å². The lowest BCUT2D eigenvalue weighted by Gasteiger charge is -2.28. The fourth-order valence-corrected chi connectivity index (χ4v) is 6.01. The van der Waals surface area contributed by atoms with Gasteiger partial charge in [-0.15, -0.1) is 0 Å². The topological polar surface area (TPSA) is 127 Å². The highest BCUT2D eigenvalue weighted by Crippen LogP contribution is 2.26. The van der Waals surface area contributed by atoms with Gasteiger partial charge in [-0.3, -0.25) is 14.8 Å². The number of nitro benzene ring substituents is 1. The molecule has 9 nitrogen and oxygen atoms in total. The Hall–Kier alpha value is -3.28. The summed E-state index contributed by atoms with van der Waals surface area (Å²) in [6.07, 6.45) is 0.622. The quantitative estimate of drug-likeness (QED) is 0.433. The molecule has 0 bridgehead atoms. The van der Waals surface area contributed by atoms with Crippen LogP contribution in [0.5, 0.6) is 0 Å². The van der Waals surface area contributed by atoms with E-state index in [1.165, 1.54) is 46.8 Å². The third-order valence-corrected chi connectivity index (χ3v) is 8.42. The highest BCUT2D eigenvalue weighted by molar-refractivity contribution is 7.92. The van der Waals surface area contributed by atoms with Gasteiger partial charge in [-0.05, 0) is 47.9 Å². The van der Waals surface area contributed by atoms with Crippen molar-refractivity contribution in [1.82, 2.24) is 4.31 Å². The van der Waals surface area contributed by atoms with Crippen LogP contribution in [-0.4, -0.2) is 32.6 Å². The van der Waals surface area contributed by atoms with Gasteiger partial charge in [0, 0.05) is 30.9 Å². The number of rotatable bonds is 6. The van der Waals surface area contributed by atoms with E-state index in [0.29, 0.717) is 13.0 Å². The summed E-state index contributed by atoms with van der Waals surface area (Å²) in [6, 6.07) is 17.7. The molecule has 0 saturated heterocycles. The van der Waals surface area contributed by atoms with Gasteiger partial charge >= 0.3 is 0 Å². The molecule has 0 fully saturated rings. The predicted octanol–water partition coefficient (Wildman–Crippen LogP) is 3.14. The van der Waals surface area contributed by atoms with Crippen LogP contribution in [0.2, 0.25) is 0 Å². The standard InChI is InChI=1S/C21H19N3O6S2/c25-24(26)19-6-3-7-21(14-19)31(27,28)22-18-8-10-20(11-9-18)32(29,30)23-13-12-16-4-1-2-5-17(16)15-23/h1-11,14,22H,12-13,15H2. The van der Waals surface area contributed by atoms with Crippen LogP contribution in [0.15, 0.2) is 82.6 Å². The smallest absolute Gasteiger partial charge is 0.270 e. The summed E-state index contributed by atoms with van der Waals surface area (Å²) >= 11 is 0. The van der Waals surface area contributed by atoms with Gasteiger partial charge in [0.2, 0.25) is 10.0 Å². The molecule has 32 heavy (non-hydrogen) atoms. The van der Waals surface area contributed by atoms with Crippen LogP contribution in [0, 0.1) is 10.1 Å². The lowest BCUT2D eigenvalue weighted by Crippen LogP contribution is -2.35. The van der Waals surface area contributed by atoms with Gasteiger partial charge in [0.05, 0.1) is 14.7 Å². The average molecular weight is 474 g/mol. The van der Waals surface area contributed by atoms with Crippen molar-refractivity contribution in [2.24, 2.45) is 0 Å². The predicted molar refractivity (Wildman–Crippen MR) is 118 cm³/mol. The zero-order chi connectivity index (χ0) is 22.9. The molecule has 3 aromatic rings. The maximum atomic E-state index is 13.0. The number of non-ortho nitro benzene ring substituents is 1. The van der Waals surface area contributed by atoms with Gasteiger partial charge in [-0.25, -0.2) is 16.8 Å². The molecule has 1 heterocycles. The van der Waals surface area contributed by atoms with Gasteiger partial charge in [-0.2, -0.15) is 4.31 Å². The third-order valence-electron chi connectivity index (χ3n) is 5.18. The van der Waals surface area contributed by atoms with Crippen LogP contribution < -0.4 is 4.72 Å². The Morgan fingerprint density at radius 1 is 0.844 bits per heavy atom. The first-order valence-corrected chi connectivity index (χ1v) is 12.5. The average Bonchev–Trinajstić information content (AvgIpc) is 2.79. The van der Waals surface area contributed by atoms with E-state index in [4.69, 9.17) is 0 Å². The molecule has 0 spiro atoms. The van der Waals surface area contributed by atoms with Gasteiger partial charge in [0.15, 0.2) is 0 Å². The summed E-state index contributed by atoms with van der Waals surface area (Å²) in [6.45, 7) is 0.639. The summed E-state index contributed by atoms with van der Waals surface area (Å²) in [4.78, 5) is 10.00. The van der Waals surface area contributed by atoms with Gasteiger partial charge in [0.1, 0.15) is 0 Å². The van der Waals surface area contributed by atoms with Gasteiger partial charge in [0.25, 0.3) is 15.7 Å². The molecule has 166 valence electrons. The van der Waals surface area contributed by atoms with Gasteiger partial charge < -0.3 is 0 Å². The molecule has 0 atom stereocenters. The van der Waals surface area contributed by atoms with E-state index in [2.05, 4.69) is 4.72 Å². The van der Waals surface area contributed by atoms with E-state index in [1.807, 2.05) is 24.3 Å². The first-order valence-electron chi connectivity index (χ1n) is 9.61. The number of anilines is 1. The SMILES string of the molecule is O=[N+]([O-])c1cccc(S(=O)(=O)Nc2ccc(S(=O)(=O)N3CCc4ccccc4C3)cc2)c1. The molecular weight excluding hydrogens is 454 g/mol. The number of nitrogens with zero attached hydrogens (tertiary/aromatic N) is 2. The van der Waals surface area contributed by atoms with E-state index < -0.39 is 25.0 Å². The fourth-order valence-electron chi connectivity index (χ4n) is 3.50. The molecule has 0 saturated carbocycles. The molecule has 4 rings (SSSR count). The third kappa shape index (κ3) is 4.35. The second-order valence-corrected chi connectivity index (χ2v) is 10.9. The monoisotopic (exact) mass is 473 g/mol. The second-order valence-electron chi connectivity index (χ2n) is 7.24. The Kier molecular flexibility index (Phi) is 5.71. The highest BCUT2D eigenvalue weighted by Gasteiger charge is 2.28. The van der Waals surface area contributed by atoms with Crippen molar-refractivity contribution in [3.8, 4) is 0 Å². The summed E-state index contributed by atoms with van der Waals surface area (Å²) in [5.41, 5.74) is 1.88. The Bertz CT molecular complexity index is 1390. The summed E-state index contributed by atoms with van der Waals surface area (Å²) < 4.78 is 54.9. The molecule has 1 N–H and O–H groups in total. The zero-order valence-corrected chi connectivity index (χ0v) is 18.3. The Morgan fingerprint density at radius 3 is 2.22 bits per heavy atom. The molecule has 0 aromatic heterocycles. The lowest BCUT2D eigenvalue weighted by molar-refractivity contribution is -0.385. The molecular formula is C21H19N3O6S2. The molecule has 0 amide bonds. The number of hydrogen-bond acceptors (Lipinski definition) is 6. The summed E-state index contributed by atoms with van der Waals surface area (Å²) in [5.74, 6) is 0. The largest absolute Gasteiger partial charge is 0.280 e. The first kappa shape index (κ1) is 21.9. The van der Waals surface area contributed by atoms with Crippen LogP contribution in [0.4, 0.5) is 11.4 Å². The minimum absolute atomic E-state index is 0.0511.